The maximum Gasteiger partial charge on any atom is 0.0606 e. The molecule has 0 spiro atoms. The second-order valence-corrected chi connectivity index (χ2v) is 5.91. The highest BCUT2D eigenvalue weighted by Crippen LogP contribution is 2.30. The van der Waals surface area contributed by atoms with Gasteiger partial charge in [-0.3, -0.25) is 0 Å². The molecule has 19 heavy (non-hydrogen) atoms. The molecule has 0 radical (unpaired) electrons. The number of aliphatic hydroxyl groups is 1. The third-order valence-corrected chi connectivity index (χ3v) is 3.73. The van der Waals surface area contributed by atoms with Gasteiger partial charge in [0.2, 0.25) is 0 Å². The lowest BCUT2D eigenvalue weighted by atomic mass is 10.0. The predicted octanol–water partition coefficient (Wildman–Crippen LogP) is 3.33. The Morgan fingerprint density at radius 3 is 2.53 bits per heavy atom. The van der Waals surface area contributed by atoms with Gasteiger partial charge in [0.05, 0.1) is 6.61 Å². The first-order valence-electron chi connectivity index (χ1n) is 6.91. The SMILES string of the molecule is CCNC(C)c1cc(Br)ccc1N(CCO)C(C)C. The van der Waals surface area contributed by atoms with Crippen molar-refractivity contribution in [2.45, 2.75) is 39.8 Å². The summed E-state index contributed by atoms with van der Waals surface area (Å²) < 4.78 is 1.09. The van der Waals surface area contributed by atoms with Gasteiger partial charge in [-0.15, -0.1) is 0 Å². The molecule has 1 aromatic rings. The van der Waals surface area contributed by atoms with Crippen molar-refractivity contribution in [1.82, 2.24) is 5.32 Å². The minimum atomic E-state index is 0.170. The van der Waals surface area contributed by atoms with Crippen LogP contribution in [-0.4, -0.2) is 30.8 Å². The van der Waals surface area contributed by atoms with Crippen molar-refractivity contribution >= 4 is 21.6 Å². The Labute approximate surface area is 125 Å². The summed E-state index contributed by atoms with van der Waals surface area (Å²) in [6.45, 7) is 10.4. The van der Waals surface area contributed by atoms with Crippen LogP contribution in [0.3, 0.4) is 0 Å². The Morgan fingerprint density at radius 1 is 1.32 bits per heavy atom. The van der Waals surface area contributed by atoms with Crippen LogP contribution in [0.2, 0.25) is 0 Å². The van der Waals surface area contributed by atoms with Crippen molar-refractivity contribution in [1.29, 1.82) is 0 Å². The highest BCUT2D eigenvalue weighted by Gasteiger charge is 2.17. The fourth-order valence-corrected chi connectivity index (χ4v) is 2.69. The Hall–Kier alpha value is -0.580. The second kappa shape index (κ2) is 7.88. The Bertz CT molecular complexity index is 396. The maximum atomic E-state index is 9.27. The van der Waals surface area contributed by atoms with E-state index in [2.05, 4.69) is 72.0 Å². The van der Waals surface area contributed by atoms with Crippen LogP contribution >= 0.6 is 15.9 Å². The lowest BCUT2D eigenvalue weighted by Crippen LogP contribution is -2.35. The van der Waals surface area contributed by atoms with Gasteiger partial charge in [0, 0.05) is 28.8 Å². The van der Waals surface area contributed by atoms with E-state index in [4.69, 9.17) is 0 Å². The molecule has 0 aromatic heterocycles. The maximum absolute atomic E-state index is 9.27. The van der Waals surface area contributed by atoms with Gasteiger partial charge in [0.1, 0.15) is 0 Å². The third kappa shape index (κ3) is 4.48. The Morgan fingerprint density at radius 2 is 2.00 bits per heavy atom. The van der Waals surface area contributed by atoms with Gasteiger partial charge in [-0.05, 0) is 51.1 Å². The lowest BCUT2D eigenvalue weighted by molar-refractivity contribution is 0.299. The molecule has 0 heterocycles. The standard InChI is InChI=1S/C15H25BrN2O/c1-5-17-12(4)14-10-13(16)6-7-15(14)18(8-9-19)11(2)3/h6-7,10-12,17,19H,5,8-9H2,1-4H3. The summed E-state index contributed by atoms with van der Waals surface area (Å²) in [6, 6.07) is 7.00. The second-order valence-electron chi connectivity index (χ2n) is 4.99. The van der Waals surface area contributed by atoms with E-state index in [0.717, 1.165) is 11.0 Å². The van der Waals surface area contributed by atoms with Crippen LogP contribution in [0.4, 0.5) is 5.69 Å². The normalized spacial score (nSPS) is 12.8. The third-order valence-electron chi connectivity index (χ3n) is 3.24. The van der Waals surface area contributed by atoms with Crippen molar-refractivity contribution < 1.29 is 5.11 Å². The zero-order valence-electron chi connectivity index (χ0n) is 12.3. The number of benzene rings is 1. The number of anilines is 1. The van der Waals surface area contributed by atoms with E-state index in [1.165, 1.54) is 11.3 Å². The molecule has 1 aromatic carbocycles. The van der Waals surface area contributed by atoms with Crippen LogP contribution < -0.4 is 10.2 Å². The monoisotopic (exact) mass is 328 g/mol. The smallest absolute Gasteiger partial charge is 0.0606 e. The van der Waals surface area contributed by atoms with E-state index in [1.807, 2.05) is 0 Å². The number of rotatable bonds is 7. The van der Waals surface area contributed by atoms with E-state index in [1.54, 1.807) is 0 Å². The molecule has 0 aliphatic heterocycles. The van der Waals surface area contributed by atoms with Crippen LogP contribution in [0, 0.1) is 0 Å². The number of hydrogen-bond acceptors (Lipinski definition) is 3. The molecule has 0 bridgehead atoms. The molecule has 0 saturated carbocycles. The van der Waals surface area contributed by atoms with Gasteiger partial charge in [-0.2, -0.15) is 0 Å². The van der Waals surface area contributed by atoms with Crippen molar-refractivity contribution in [2.75, 3.05) is 24.6 Å². The molecule has 1 rings (SSSR count). The molecule has 1 unspecified atom stereocenters. The fourth-order valence-electron chi connectivity index (χ4n) is 2.31. The molecule has 4 heteroatoms. The highest BCUT2D eigenvalue weighted by molar-refractivity contribution is 9.10. The van der Waals surface area contributed by atoms with Crippen molar-refractivity contribution in [2.24, 2.45) is 0 Å². The van der Waals surface area contributed by atoms with Gasteiger partial charge in [-0.1, -0.05) is 22.9 Å². The average Bonchev–Trinajstić information content (AvgIpc) is 2.36. The van der Waals surface area contributed by atoms with Crippen LogP contribution in [0.1, 0.15) is 39.3 Å². The summed E-state index contributed by atoms with van der Waals surface area (Å²) in [4.78, 5) is 2.25. The summed E-state index contributed by atoms with van der Waals surface area (Å²) in [5.41, 5.74) is 2.46. The number of nitrogens with one attached hydrogen (secondary N) is 1. The zero-order chi connectivity index (χ0) is 14.4. The summed E-state index contributed by atoms with van der Waals surface area (Å²) in [5, 5.41) is 12.7. The number of nitrogens with zero attached hydrogens (tertiary/aromatic N) is 1. The van der Waals surface area contributed by atoms with E-state index >= 15 is 0 Å². The predicted molar refractivity (Wildman–Crippen MR) is 85.8 cm³/mol. The van der Waals surface area contributed by atoms with E-state index in [9.17, 15) is 5.11 Å². The first-order chi connectivity index (χ1) is 9.01. The fraction of sp³-hybridized carbons (Fsp3) is 0.600. The molecule has 0 fully saturated rings. The van der Waals surface area contributed by atoms with Gasteiger partial charge >= 0.3 is 0 Å². The zero-order valence-corrected chi connectivity index (χ0v) is 13.9. The minimum absolute atomic E-state index is 0.170. The first-order valence-corrected chi connectivity index (χ1v) is 7.70. The molecule has 3 nitrogen and oxygen atoms in total. The van der Waals surface area contributed by atoms with E-state index in [-0.39, 0.29) is 12.6 Å². The molecular weight excluding hydrogens is 304 g/mol. The number of halogens is 1. The van der Waals surface area contributed by atoms with Gasteiger partial charge in [0.15, 0.2) is 0 Å². The highest BCUT2D eigenvalue weighted by atomic mass is 79.9. The Kier molecular flexibility index (Phi) is 6.83. The van der Waals surface area contributed by atoms with Crippen molar-refractivity contribution in [3.8, 4) is 0 Å². The molecule has 0 aliphatic rings. The number of hydrogen-bond donors (Lipinski definition) is 2. The van der Waals surface area contributed by atoms with Crippen molar-refractivity contribution in [3.05, 3.63) is 28.2 Å². The molecule has 1 atom stereocenters. The molecule has 108 valence electrons. The van der Waals surface area contributed by atoms with Gasteiger partial charge in [-0.25, -0.2) is 0 Å². The lowest BCUT2D eigenvalue weighted by Gasteiger charge is -2.32. The van der Waals surface area contributed by atoms with Crippen LogP contribution in [0.15, 0.2) is 22.7 Å². The van der Waals surface area contributed by atoms with Gasteiger partial charge < -0.3 is 15.3 Å². The molecule has 0 aliphatic carbocycles. The van der Waals surface area contributed by atoms with Crippen LogP contribution in [0.5, 0.6) is 0 Å². The molecule has 2 N–H and O–H groups in total. The summed E-state index contributed by atoms with van der Waals surface area (Å²) in [6.07, 6.45) is 0. The molecular formula is C15H25BrN2O. The van der Waals surface area contributed by atoms with E-state index < -0.39 is 0 Å². The Balaban J connectivity index is 3.16. The topological polar surface area (TPSA) is 35.5 Å². The molecule has 0 saturated heterocycles. The summed E-state index contributed by atoms with van der Waals surface area (Å²) in [7, 11) is 0. The average molecular weight is 329 g/mol. The minimum Gasteiger partial charge on any atom is -0.395 e. The quantitative estimate of drug-likeness (QED) is 0.805. The van der Waals surface area contributed by atoms with Gasteiger partial charge in [0.25, 0.3) is 0 Å². The number of aliphatic hydroxyl groups excluding tert-OH is 1. The summed E-state index contributed by atoms with van der Waals surface area (Å²) >= 11 is 3.55. The van der Waals surface area contributed by atoms with Crippen LogP contribution in [0.25, 0.3) is 0 Å². The summed E-state index contributed by atoms with van der Waals surface area (Å²) in [5.74, 6) is 0. The molecule has 0 amide bonds. The van der Waals surface area contributed by atoms with Crippen LogP contribution in [-0.2, 0) is 0 Å². The van der Waals surface area contributed by atoms with E-state index in [0.29, 0.717) is 12.6 Å². The first kappa shape index (κ1) is 16.5. The van der Waals surface area contributed by atoms with Crippen molar-refractivity contribution in [3.63, 3.8) is 0 Å². The largest absolute Gasteiger partial charge is 0.395 e.